The van der Waals surface area contributed by atoms with Crippen LogP contribution in [0.15, 0.2) is 52.0 Å². The minimum Gasteiger partial charge on any atom is -0.478 e. The lowest BCUT2D eigenvalue weighted by Crippen LogP contribution is -2.29. The summed E-state index contributed by atoms with van der Waals surface area (Å²) in [5.41, 5.74) is 0.664. The van der Waals surface area contributed by atoms with Gasteiger partial charge in [-0.1, -0.05) is 24.0 Å². The lowest BCUT2D eigenvalue weighted by atomic mass is 10.2. The first-order chi connectivity index (χ1) is 13.4. The zero-order valence-electron chi connectivity index (χ0n) is 14.6. The molecule has 0 radical (unpaired) electrons. The number of nitrogens with zero attached hydrogens (tertiary/aromatic N) is 1. The number of carbonyl (C=O) groups excluding carboxylic acids is 2. The Bertz CT molecular complexity index is 936. The third-order valence-corrected chi connectivity index (χ3v) is 5.27. The maximum absolute atomic E-state index is 12.5. The molecule has 1 aliphatic heterocycles. The zero-order chi connectivity index (χ0) is 20.1. The standard InChI is InChI=1S/C19H16N2O5S2/c22-16(20-13-7-5-12(6-8-13)18(24)25)4-1-9-21-17(23)15(28-19(21)27)11-14-3-2-10-26-14/h2-3,5-8,10-11H,1,4,9H2,(H,20,22)(H,24,25)/b15-11-. The van der Waals surface area contributed by atoms with Gasteiger partial charge in [-0.15, -0.1) is 0 Å². The number of nitrogens with one attached hydrogen (secondary N) is 1. The van der Waals surface area contributed by atoms with E-state index in [2.05, 4.69) is 5.32 Å². The third kappa shape index (κ3) is 4.87. The SMILES string of the molecule is O=C(CCCN1C(=O)/C(=C/c2ccco2)SC1=S)Nc1ccc(C(=O)O)cc1. The molecule has 1 aromatic heterocycles. The number of carboxylic acid groups (broad SMARTS) is 1. The van der Waals surface area contributed by atoms with Crippen LogP contribution in [-0.4, -0.2) is 38.7 Å². The molecule has 1 saturated heterocycles. The van der Waals surface area contributed by atoms with Gasteiger partial charge in [-0.25, -0.2) is 4.79 Å². The monoisotopic (exact) mass is 416 g/mol. The summed E-state index contributed by atoms with van der Waals surface area (Å²) in [6, 6.07) is 9.39. The smallest absolute Gasteiger partial charge is 0.335 e. The average Bonchev–Trinajstić information content (AvgIpc) is 3.26. The Morgan fingerprint density at radius 2 is 2.00 bits per heavy atom. The number of thioether (sulfide) groups is 1. The first-order valence-corrected chi connectivity index (χ1v) is 9.58. The predicted molar refractivity (Wildman–Crippen MR) is 110 cm³/mol. The van der Waals surface area contributed by atoms with Crippen molar-refractivity contribution in [1.82, 2.24) is 4.90 Å². The van der Waals surface area contributed by atoms with E-state index in [1.807, 2.05) is 0 Å². The van der Waals surface area contributed by atoms with Crippen LogP contribution in [-0.2, 0) is 9.59 Å². The van der Waals surface area contributed by atoms with E-state index in [0.717, 1.165) is 0 Å². The van der Waals surface area contributed by atoms with Crippen LogP contribution in [0.5, 0.6) is 0 Å². The fourth-order valence-corrected chi connectivity index (χ4v) is 3.80. The molecule has 3 rings (SSSR count). The number of furan rings is 1. The molecule has 0 aliphatic carbocycles. The predicted octanol–water partition coefficient (Wildman–Crippen LogP) is 3.60. The summed E-state index contributed by atoms with van der Waals surface area (Å²) in [5.74, 6) is -0.869. The van der Waals surface area contributed by atoms with Crippen LogP contribution in [0.4, 0.5) is 5.69 Å². The number of aromatic carboxylic acids is 1. The molecule has 28 heavy (non-hydrogen) atoms. The lowest BCUT2D eigenvalue weighted by Gasteiger charge is -2.14. The molecule has 0 atom stereocenters. The minimum atomic E-state index is -1.03. The third-order valence-electron chi connectivity index (χ3n) is 3.89. The van der Waals surface area contributed by atoms with Gasteiger partial charge in [0.2, 0.25) is 5.91 Å². The van der Waals surface area contributed by atoms with Gasteiger partial charge < -0.3 is 14.8 Å². The average molecular weight is 416 g/mol. The van der Waals surface area contributed by atoms with E-state index < -0.39 is 5.97 Å². The molecule has 144 valence electrons. The fraction of sp³-hybridized carbons (Fsp3) is 0.158. The number of hydrogen-bond acceptors (Lipinski definition) is 6. The van der Waals surface area contributed by atoms with Crippen molar-refractivity contribution in [2.45, 2.75) is 12.8 Å². The van der Waals surface area contributed by atoms with Gasteiger partial charge >= 0.3 is 5.97 Å². The molecule has 1 aromatic carbocycles. The largest absolute Gasteiger partial charge is 0.478 e. The number of hydrogen-bond donors (Lipinski definition) is 2. The summed E-state index contributed by atoms with van der Waals surface area (Å²) in [4.78, 5) is 37.3. The van der Waals surface area contributed by atoms with E-state index in [9.17, 15) is 14.4 Å². The Labute approximate surface area is 170 Å². The second kappa shape index (κ2) is 8.85. The van der Waals surface area contributed by atoms with Crippen molar-refractivity contribution in [3.05, 3.63) is 58.9 Å². The van der Waals surface area contributed by atoms with Crippen LogP contribution in [0.2, 0.25) is 0 Å². The van der Waals surface area contributed by atoms with Crippen molar-refractivity contribution >= 4 is 57.8 Å². The van der Waals surface area contributed by atoms with Crippen molar-refractivity contribution in [2.24, 2.45) is 0 Å². The van der Waals surface area contributed by atoms with Gasteiger partial charge in [0.05, 0.1) is 16.7 Å². The highest BCUT2D eigenvalue weighted by Crippen LogP contribution is 2.32. The summed E-state index contributed by atoms with van der Waals surface area (Å²) < 4.78 is 5.67. The zero-order valence-corrected chi connectivity index (χ0v) is 16.2. The van der Waals surface area contributed by atoms with Crippen molar-refractivity contribution < 1.29 is 23.9 Å². The Morgan fingerprint density at radius 1 is 1.25 bits per heavy atom. The van der Waals surface area contributed by atoms with Crippen LogP contribution in [0, 0.1) is 0 Å². The highest BCUT2D eigenvalue weighted by Gasteiger charge is 2.31. The molecule has 2 aromatic rings. The molecule has 0 spiro atoms. The van der Waals surface area contributed by atoms with E-state index in [1.54, 1.807) is 18.2 Å². The molecule has 2 amide bonds. The molecule has 0 bridgehead atoms. The van der Waals surface area contributed by atoms with E-state index in [1.165, 1.54) is 47.2 Å². The molecular formula is C19H16N2O5S2. The highest BCUT2D eigenvalue weighted by atomic mass is 32.2. The fourth-order valence-electron chi connectivity index (χ4n) is 2.51. The molecular weight excluding hydrogens is 400 g/mol. The Hall–Kier alpha value is -2.91. The van der Waals surface area contributed by atoms with Gasteiger partial charge in [0.25, 0.3) is 5.91 Å². The molecule has 0 saturated carbocycles. The number of rotatable bonds is 7. The number of carboxylic acids is 1. The van der Waals surface area contributed by atoms with Crippen molar-refractivity contribution in [3.63, 3.8) is 0 Å². The van der Waals surface area contributed by atoms with Crippen LogP contribution in [0.25, 0.3) is 6.08 Å². The highest BCUT2D eigenvalue weighted by molar-refractivity contribution is 8.26. The molecule has 1 aliphatic rings. The van der Waals surface area contributed by atoms with Gasteiger partial charge in [0.15, 0.2) is 0 Å². The van der Waals surface area contributed by atoms with E-state index in [-0.39, 0.29) is 23.8 Å². The van der Waals surface area contributed by atoms with Crippen molar-refractivity contribution in [3.8, 4) is 0 Å². The summed E-state index contributed by atoms with van der Waals surface area (Å²) >= 11 is 6.46. The lowest BCUT2D eigenvalue weighted by molar-refractivity contribution is -0.122. The molecule has 2 heterocycles. The van der Waals surface area contributed by atoms with Gasteiger partial charge in [0.1, 0.15) is 10.1 Å². The molecule has 1 fully saturated rings. The quantitative estimate of drug-likeness (QED) is 0.525. The van der Waals surface area contributed by atoms with Crippen molar-refractivity contribution in [1.29, 1.82) is 0 Å². The topological polar surface area (TPSA) is 99.9 Å². The van der Waals surface area contributed by atoms with E-state index >= 15 is 0 Å². The summed E-state index contributed by atoms with van der Waals surface area (Å²) in [5, 5.41) is 11.6. The summed E-state index contributed by atoms with van der Waals surface area (Å²) in [7, 11) is 0. The maximum atomic E-state index is 12.5. The van der Waals surface area contributed by atoms with Gasteiger partial charge in [0, 0.05) is 24.7 Å². The number of benzene rings is 1. The van der Waals surface area contributed by atoms with Crippen LogP contribution >= 0.6 is 24.0 Å². The molecule has 7 nitrogen and oxygen atoms in total. The normalized spacial score (nSPS) is 15.3. The number of amides is 2. The van der Waals surface area contributed by atoms with Gasteiger partial charge in [-0.2, -0.15) is 0 Å². The van der Waals surface area contributed by atoms with Crippen LogP contribution < -0.4 is 5.32 Å². The Morgan fingerprint density at radius 3 is 2.64 bits per heavy atom. The minimum absolute atomic E-state index is 0.148. The van der Waals surface area contributed by atoms with Crippen LogP contribution in [0.1, 0.15) is 29.0 Å². The number of thiocarbonyl (C=S) groups is 1. The summed E-state index contributed by atoms with van der Waals surface area (Å²) in [6.45, 7) is 0.339. The van der Waals surface area contributed by atoms with Gasteiger partial charge in [-0.3, -0.25) is 14.5 Å². The second-order valence-electron chi connectivity index (χ2n) is 5.88. The number of anilines is 1. The Kier molecular flexibility index (Phi) is 6.27. The Balaban J connectivity index is 1.49. The van der Waals surface area contributed by atoms with Crippen LogP contribution in [0.3, 0.4) is 0 Å². The maximum Gasteiger partial charge on any atom is 0.335 e. The summed E-state index contributed by atoms with van der Waals surface area (Å²) in [6.07, 6.45) is 3.82. The first kappa shape index (κ1) is 19.8. The molecule has 2 N–H and O–H groups in total. The number of carbonyl (C=O) groups is 3. The van der Waals surface area contributed by atoms with Crippen molar-refractivity contribution in [2.75, 3.05) is 11.9 Å². The second-order valence-corrected chi connectivity index (χ2v) is 7.56. The molecule has 0 unspecified atom stereocenters. The molecule has 9 heteroatoms. The first-order valence-electron chi connectivity index (χ1n) is 8.36. The van der Waals surface area contributed by atoms with E-state index in [4.69, 9.17) is 21.7 Å². The van der Waals surface area contributed by atoms with E-state index in [0.29, 0.717) is 33.6 Å². The van der Waals surface area contributed by atoms with Gasteiger partial charge in [-0.05, 0) is 42.8 Å².